The smallest absolute Gasteiger partial charge is 0.290 e. The van der Waals surface area contributed by atoms with Crippen LogP contribution >= 0.6 is 0 Å². The van der Waals surface area contributed by atoms with Gasteiger partial charge in [-0.15, -0.1) is 0 Å². The highest BCUT2D eigenvalue weighted by Crippen LogP contribution is 2.25. The van der Waals surface area contributed by atoms with Crippen LogP contribution in [0.2, 0.25) is 0 Å². The van der Waals surface area contributed by atoms with Crippen LogP contribution in [0.15, 0.2) is 67.3 Å². The zero-order valence-corrected chi connectivity index (χ0v) is 16.6. The number of H-pyrrole nitrogens is 1. The molecule has 0 radical (unpaired) electrons. The van der Waals surface area contributed by atoms with Crippen LogP contribution in [0.25, 0.3) is 11.3 Å². The number of hydrogen-bond donors (Lipinski definition) is 3. The predicted octanol–water partition coefficient (Wildman–Crippen LogP) is 2.68. The van der Waals surface area contributed by atoms with E-state index >= 15 is 0 Å². The molecule has 0 saturated heterocycles. The van der Waals surface area contributed by atoms with Gasteiger partial charge in [0.15, 0.2) is 0 Å². The monoisotopic (exact) mass is 420 g/mol. The van der Waals surface area contributed by atoms with Crippen LogP contribution in [0, 0.1) is 0 Å². The van der Waals surface area contributed by atoms with E-state index in [9.17, 15) is 4.79 Å². The molecule has 4 aromatic rings. The summed E-state index contributed by atoms with van der Waals surface area (Å²) in [7, 11) is 1.60. The van der Waals surface area contributed by atoms with Gasteiger partial charge in [0.2, 0.25) is 0 Å². The molecule has 3 N–H and O–H groups in total. The minimum absolute atomic E-state index is 0.250. The van der Waals surface area contributed by atoms with Crippen molar-refractivity contribution in [3.8, 4) is 17.0 Å². The van der Waals surface area contributed by atoms with Crippen molar-refractivity contribution in [2.45, 2.75) is 6.54 Å². The Morgan fingerprint density at radius 1 is 1.23 bits per heavy atom. The molecule has 0 atom stereocenters. The fourth-order valence-corrected chi connectivity index (χ4v) is 2.87. The molecule has 10 nitrogen and oxygen atoms in total. The molecule has 1 aromatic carbocycles. The highest BCUT2D eigenvalue weighted by Gasteiger charge is 2.17. The summed E-state index contributed by atoms with van der Waals surface area (Å²) in [5.41, 5.74) is 2.85. The van der Waals surface area contributed by atoms with E-state index in [4.69, 9.17) is 14.6 Å². The topological polar surface area (TPSA) is 135 Å². The van der Waals surface area contributed by atoms with Crippen LogP contribution in [0.4, 0.5) is 5.82 Å². The van der Waals surface area contributed by atoms with Gasteiger partial charge in [0, 0.05) is 24.0 Å². The Bertz CT molecular complexity index is 1140. The molecular formula is C21H20N6O4. The first-order chi connectivity index (χ1) is 15.2. The van der Waals surface area contributed by atoms with Gasteiger partial charge in [0.25, 0.3) is 12.4 Å². The number of hydrogen-bond acceptors (Lipinski definition) is 6. The van der Waals surface area contributed by atoms with Gasteiger partial charge in [-0.1, -0.05) is 18.2 Å². The molecule has 0 saturated carbocycles. The Hall–Kier alpha value is -4.47. The van der Waals surface area contributed by atoms with Crippen molar-refractivity contribution in [1.29, 1.82) is 0 Å². The van der Waals surface area contributed by atoms with Gasteiger partial charge < -0.3 is 15.2 Å². The quantitative estimate of drug-likeness (QED) is 0.408. The van der Waals surface area contributed by atoms with Crippen LogP contribution in [0.5, 0.6) is 5.75 Å². The van der Waals surface area contributed by atoms with Crippen LogP contribution < -0.4 is 10.1 Å². The molecule has 1 amide bonds. The molecule has 3 aromatic heterocycles. The van der Waals surface area contributed by atoms with E-state index in [1.807, 2.05) is 36.4 Å². The molecule has 158 valence electrons. The lowest BCUT2D eigenvalue weighted by molar-refractivity contribution is -0.122. The maximum Gasteiger partial charge on any atom is 0.290 e. The number of rotatable bonds is 6. The SMILES string of the molecule is COc1cccc(-c2[nH]ncc2C(=O)Nc2ccnn2Cc2cccnc2)c1.O=CO. The summed E-state index contributed by atoms with van der Waals surface area (Å²) in [5.74, 6) is 1.01. The molecule has 0 aliphatic heterocycles. The van der Waals surface area contributed by atoms with Crippen molar-refractivity contribution < 1.29 is 19.4 Å². The number of carbonyl (C=O) groups is 2. The Kier molecular flexibility index (Phi) is 7.09. The highest BCUT2D eigenvalue weighted by molar-refractivity contribution is 6.07. The van der Waals surface area contributed by atoms with E-state index < -0.39 is 0 Å². The van der Waals surface area contributed by atoms with E-state index in [1.54, 1.807) is 36.4 Å². The Morgan fingerprint density at radius 2 is 2.06 bits per heavy atom. The molecule has 0 fully saturated rings. The zero-order chi connectivity index (χ0) is 22.1. The number of anilines is 1. The first-order valence-electron chi connectivity index (χ1n) is 9.14. The number of carbonyl (C=O) groups excluding carboxylic acids is 1. The number of ether oxygens (including phenoxy) is 1. The lowest BCUT2D eigenvalue weighted by Crippen LogP contribution is -2.16. The second-order valence-corrected chi connectivity index (χ2v) is 6.19. The summed E-state index contributed by atoms with van der Waals surface area (Å²) in [6.45, 7) is 0.255. The third-order valence-corrected chi connectivity index (χ3v) is 4.26. The number of nitrogens with one attached hydrogen (secondary N) is 2. The second kappa shape index (κ2) is 10.3. The van der Waals surface area contributed by atoms with E-state index in [0.717, 1.165) is 11.1 Å². The number of aromatic nitrogens is 5. The maximum atomic E-state index is 12.9. The van der Waals surface area contributed by atoms with Gasteiger partial charge in [-0.25, -0.2) is 4.68 Å². The molecule has 0 unspecified atom stereocenters. The van der Waals surface area contributed by atoms with Crippen LogP contribution in [0.1, 0.15) is 15.9 Å². The number of aromatic amines is 1. The van der Waals surface area contributed by atoms with Crippen molar-refractivity contribution >= 4 is 18.2 Å². The van der Waals surface area contributed by atoms with Crippen molar-refractivity contribution in [2.24, 2.45) is 0 Å². The Balaban J connectivity index is 0.000000858. The van der Waals surface area contributed by atoms with Gasteiger partial charge >= 0.3 is 0 Å². The van der Waals surface area contributed by atoms with Crippen molar-refractivity contribution in [1.82, 2.24) is 25.0 Å². The summed E-state index contributed by atoms with van der Waals surface area (Å²) in [4.78, 5) is 25.3. The molecule has 0 aliphatic rings. The van der Waals surface area contributed by atoms with Gasteiger partial charge in [-0.05, 0) is 23.8 Å². The number of amides is 1. The predicted molar refractivity (Wildman–Crippen MR) is 113 cm³/mol. The van der Waals surface area contributed by atoms with Crippen LogP contribution in [0.3, 0.4) is 0 Å². The van der Waals surface area contributed by atoms with Crippen LogP contribution in [-0.4, -0.2) is 49.6 Å². The summed E-state index contributed by atoms with van der Waals surface area (Å²) < 4.78 is 6.97. The molecule has 31 heavy (non-hydrogen) atoms. The number of nitrogens with zero attached hydrogens (tertiary/aromatic N) is 4. The Labute approximate surface area is 177 Å². The summed E-state index contributed by atoms with van der Waals surface area (Å²) in [5, 5.41) is 21.0. The van der Waals surface area contributed by atoms with E-state index in [-0.39, 0.29) is 12.4 Å². The molecule has 10 heteroatoms. The first-order valence-corrected chi connectivity index (χ1v) is 9.14. The largest absolute Gasteiger partial charge is 0.497 e. The molecule has 0 bridgehead atoms. The standard InChI is InChI=1S/C20H18N6O2.CH2O2/c1-28-16-6-2-5-15(10-16)19-17(12-22-25-19)20(27)24-18-7-9-23-26(18)13-14-4-3-8-21-11-14;2-1-3/h2-12H,13H2,1H3,(H,22,25)(H,24,27);1H,(H,2,3). The molecule has 3 heterocycles. The molecule has 0 aliphatic carbocycles. The molecule has 4 rings (SSSR count). The maximum absolute atomic E-state index is 12.9. The van der Waals surface area contributed by atoms with E-state index in [0.29, 0.717) is 29.4 Å². The number of benzene rings is 1. The fraction of sp³-hybridized carbons (Fsp3) is 0.0952. The molecule has 0 spiro atoms. The van der Waals surface area contributed by atoms with Gasteiger partial charge in [-0.2, -0.15) is 10.2 Å². The van der Waals surface area contributed by atoms with E-state index in [2.05, 4.69) is 25.6 Å². The fourth-order valence-electron chi connectivity index (χ4n) is 2.87. The number of methoxy groups -OCH3 is 1. The van der Waals surface area contributed by atoms with Crippen molar-refractivity contribution in [3.63, 3.8) is 0 Å². The van der Waals surface area contributed by atoms with Crippen LogP contribution in [-0.2, 0) is 11.3 Å². The summed E-state index contributed by atoms with van der Waals surface area (Å²) >= 11 is 0. The zero-order valence-electron chi connectivity index (χ0n) is 16.6. The van der Waals surface area contributed by atoms with Gasteiger partial charge in [0.05, 0.1) is 37.3 Å². The van der Waals surface area contributed by atoms with E-state index in [1.165, 1.54) is 6.20 Å². The highest BCUT2D eigenvalue weighted by atomic mass is 16.5. The minimum atomic E-state index is -0.278. The number of pyridine rings is 1. The minimum Gasteiger partial charge on any atom is -0.497 e. The van der Waals surface area contributed by atoms with Crippen molar-refractivity contribution in [2.75, 3.05) is 12.4 Å². The number of carboxylic acid groups (broad SMARTS) is 1. The molecular weight excluding hydrogens is 400 g/mol. The lowest BCUT2D eigenvalue weighted by atomic mass is 10.1. The third-order valence-electron chi connectivity index (χ3n) is 4.26. The third kappa shape index (κ3) is 5.32. The van der Waals surface area contributed by atoms with Gasteiger partial charge in [0.1, 0.15) is 11.6 Å². The lowest BCUT2D eigenvalue weighted by Gasteiger charge is -2.09. The van der Waals surface area contributed by atoms with Crippen molar-refractivity contribution in [3.05, 3.63) is 78.4 Å². The average molecular weight is 420 g/mol. The normalized spacial score (nSPS) is 9.97. The summed E-state index contributed by atoms with van der Waals surface area (Å²) in [6, 6.07) is 13.0. The second-order valence-electron chi connectivity index (χ2n) is 6.19. The summed E-state index contributed by atoms with van der Waals surface area (Å²) in [6.07, 6.45) is 6.63. The average Bonchev–Trinajstić information content (AvgIpc) is 3.45. The van der Waals surface area contributed by atoms with Gasteiger partial charge in [-0.3, -0.25) is 19.7 Å². The first kappa shape index (κ1) is 21.2. The Morgan fingerprint density at radius 3 is 2.81 bits per heavy atom.